The molecule has 4 heterocycles. The van der Waals surface area contributed by atoms with Crippen LogP contribution in [0.5, 0.6) is 0 Å². The molecule has 2 aromatic heterocycles. The molecule has 1 unspecified atom stereocenters. The van der Waals surface area contributed by atoms with Crippen molar-refractivity contribution in [1.82, 2.24) is 19.2 Å². The standard InChI is InChI=1S/C16H20N4O3S/c21-16(14-11-20-5-2-1-3-15(20)17-14)19-8-6-18(7-9-19)13-4-10-24(22,23)12-13/h1-3,5,11,13H,4,6-10,12H2. The van der Waals surface area contributed by atoms with E-state index in [0.29, 0.717) is 25.2 Å². The maximum Gasteiger partial charge on any atom is 0.274 e. The number of aromatic nitrogens is 2. The van der Waals surface area contributed by atoms with Gasteiger partial charge in [-0.05, 0) is 18.6 Å². The van der Waals surface area contributed by atoms with Crippen LogP contribution in [0.2, 0.25) is 0 Å². The molecule has 0 radical (unpaired) electrons. The van der Waals surface area contributed by atoms with Crippen LogP contribution in [0.3, 0.4) is 0 Å². The number of sulfone groups is 1. The van der Waals surface area contributed by atoms with E-state index in [4.69, 9.17) is 0 Å². The molecule has 0 bridgehead atoms. The molecule has 2 aliphatic rings. The lowest BCUT2D eigenvalue weighted by Gasteiger charge is -2.37. The minimum atomic E-state index is -2.87. The van der Waals surface area contributed by atoms with Crippen molar-refractivity contribution in [2.75, 3.05) is 37.7 Å². The summed E-state index contributed by atoms with van der Waals surface area (Å²) in [6, 6.07) is 5.78. The number of hydrogen-bond acceptors (Lipinski definition) is 5. The molecule has 2 saturated heterocycles. The molecular weight excluding hydrogens is 328 g/mol. The molecule has 1 amide bonds. The van der Waals surface area contributed by atoms with E-state index in [9.17, 15) is 13.2 Å². The van der Waals surface area contributed by atoms with E-state index in [-0.39, 0.29) is 23.5 Å². The van der Waals surface area contributed by atoms with Crippen LogP contribution in [0.25, 0.3) is 5.65 Å². The highest BCUT2D eigenvalue weighted by molar-refractivity contribution is 7.91. The Bertz CT molecular complexity index is 835. The van der Waals surface area contributed by atoms with E-state index in [2.05, 4.69) is 9.88 Å². The van der Waals surface area contributed by atoms with Crippen LogP contribution in [-0.2, 0) is 9.84 Å². The van der Waals surface area contributed by atoms with Crippen molar-refractivity contribution in [3.05, 3.63) is 36.3 Å². The Morgan fingerprint density at radius 2 is 1.96 bits per heavy atom. The summed E-state index contributed by atoms with van der Waals surface area (Å²) in [6.45, 7) is 2.67. The number of piperazine rings is 1. The quantitative estimate of drug-likeness (QED) is 0.779. The number of carbonyl (C=O) groups is 1. The molecule has 2 fully saturated rings. The molecule has 24 heavy (non-hydrogen) atoms. The zero-order valence-corrected chi connectivity index (χ0v) is 14.2. The van der Waals surface area contributed by atoms with E-state index < -0.39 is 9.84 Å². The van der Waals surface area contributed by atoms with Crippen LogP contribution in [0.15, 0.2) is 30.6 Å². The van der Waals surface area contributed by atoms with Crippen molar-refractivity contribution in [3.63, 3.8) is 0 Å². The fourth-order valence-corrected chi connectivity index (χ4v) is 5.31. The van der Waals surface area contributed by atoms with Gasteiger partial charge in [0.05, 0.1) is 11.5 Å². The third-order valence-electron chi connectivity index (χ3n) is 4.91. The SMILES string of the molecule is O=C(c1cn2ccccc2n1)N1CCN(C2CCS(=O)(=O)C2)CC1. The molecule has 0 saturated carbocycles. The van der Waals surface area contributed by atoms with Crippen LogP contribution >= 0.6 is 0 Å². The van der Waals surface area contributed by atoms with Crippen LogP contribution in [0.1, 0.15) is 16.9 Å². The lowest BCUT2D eigenvalue weighted by atomic mass is 10.2. The molecule has 2 aliphatic heterocycles. The zero-order valence-electron chi connectivity index (χ0n) is 13.3. The molecule has 1 atom stereocenters. The number of hydrogen-bond donors (Lipinski definition) is 0. The first kappa shape index (κ1) is 15.6. The van der Waals surface area contributed by atoms with E-state index in [0.717, 1.165) is 18.7 Å². The van der Waals surface area contributed by atoms with Crippen LogP contribution < -0.4 is 0 Å². The van der Waals surface area contributed by atoms with Crippen LogP contribution in [0.4, 0.5) is 0 Å². The average Bonchev–Trinajstić information content (AvgIpc) is 3.17. The molecule has 0 aromatic carbocycles. The first-order valence-electron chi connectivity index (χ1n) is 8.19. The lowest BCUT2D eigenvalue weighted by Crippen LogP contribution is -2.52. The highest BCUT2D eigenvalue weighted by Crippen LogP contribution is 2.20. The molecule has 4 rings (SSSR count). The smallest absolute Gasteiger partial charge is 0.274 e. The van der Waals surface area contributed by atoms with Gasteiger partial charge in [0.2, 0.25) is 0 Å². The maximum absolute atomic E-state index is 12.6. The van der Waals surface area contributed by atoms with Gasteiger partial charge in [-0.2, -0.15) is 0 Å². The summed E-state index contributed by atoms with van der Waals surface area (Å²) in [5, 5.41) is 0. The fourth-order valence-electron chi connectivity index (χ4n) is 3.55. The predicted molar refractivity (Wildman–Crippen MR) is 89.7 cm³/mol. The first-order valence-corrected chi connectivity index (χ1v) is 10.0. The van der Waals surface area contributed by atoms with E-state index in [1.165, 1.54) is 0 Å². The minimum absolute atomic E-state index is 0.0580. The normalized spacial score (nSPS) is 24.5. The Labute approximate surface area is 140 Å². The summed E-state index contributed by atoms with van der Waals surface area (Å²) in [6.07, 6.45) is 4.34. The van der Waals surface area contributed by atoms with Crippen molar-refractivity contribution in [3.8, 4) is 0 Å². The Balaban J connectivity index is 1.41. The van der Waals surface area contributed by atoms with Gasteiger partial charge in [-0.1, -0.05) is 6.07 Å². The number of pyridine rings is 1. The largest absolute Gasteiger partial charge is 0.335 e. The van der Waals surface area contributed by atoms with Gasteiger partial charge in [0, 0.05) is 44.6 Å². The molecule has 128 valence electrons. The molecule has 0 spiro atoms. The molecule has 2 aromatic rings. The third-order valence-corrected chi connectivity index (χ3v) is 6.66. The summed E-state index contributed by atoms with van der Waals surface area (Å²) in [5.41, 5.74) is 1.22. The predicted octanol–water partition coefficient (Wildman–Crippen LogP) is 0.279. The summed E-state index contributed by atoms with van der Waals surface area (Å²) in [5.74, 6) is 0.489. The molecule has 7 nitrogen and oxygen atoms in total. The second-order valence-electron chi connectivity index (χ2n) is 6.48. The van der Waals surface area contributed by atoms with Gasteiger partial charge in [0.15, 0.2) is 9.84 Å². The number of imidazole rings is 1. The zero-order chi connectivity index (χ0) is 16.7. The van der Waals surface area contributed by atoms with E-state index in [1.54, 1.807) is 6.20 Å². The number of nitrogens with zero attached hydrogens (tertiary/aromatic N) is 4. The van der Waals surface area contributed by atoms with Crippen LogP contribution in [0, 0.1) is 0 Å². The van der Waals surface area contributed by atoms with Crippen molar-refractivity contribution in [1.29, 1.82) is 0 Å². The lowest BCUT2D eigenvalue weighted by molar-refractivity contribution is 0.0583. The first-order chi connectivity index (χ1) is 11.5. The highest BCUT2D eigenvalue weighted by atomic mass is 32.2. The van der Waals surface area contributed by atoms with Crippen molar-refractivity contribution < 1.29 is 13.2 Å². The Kier molecular flexibility index (Phi) is 3.80. The van der Waals surface area contributed by atoms with Crippen molar-refractivity contribution in [2.24, 2.45) is 0 Å². The maximum atomic E-state index is 12.6. The monoisotopic (exact) mass is 348 g/mol. The second kappa shape index (κ2) is 5.86. The number of carbonyl (C=O) groups excluding carboxylic acids is 1. The van der Waals surface area contributed by atoms with E-state index in [1.807, 2.05) is 33.7 Å². The van der Waals surface area contributed by atoms with Gasteiger partial charge in [-0.3, -0.25) is 9.69 Å². The Hall–Kier alpha value is -1.93. The summed E-state index contributed by atoms with van der Waals surface area (Å²) >= 11 is 0. The fraction of sp³-hybridized carbons (Fsp3) is 0.500. The minimum Gasteiger partial charge on any atom is -0.335 e. The number of amides is 1. The third kappa shape index (κ3) is 2.91. The summed E-state index contributed by atoms with van der Waals surface area (Å²) < 4.78 is 25.1. The Morgan fingerprint density at radius 1 is 1.17 bits per heavy atom. The van der Waals surface area contributed by atoms with Crippen molar-refractivity contribution in [2.45, 2.75) is 12.5 Å². The van der Waals surface area contributed by atoms with E-state index >= 15 is 0 Å². The molecule has 8 heteroatoms. The molecule has 0 N–H and O–H groups in total. The molecule has 0 aliphatic carbocycles. The van der Waals surface area contributed by atoms with Gasteiger partial charge >= 0.3 is 0 Å². The van der Waals surface area contributed by atoms with Gasteiger partial charge in [0.1, 0.15) is 11.3 Å². The van der Waals surface area contributed by atoms with Crippen LogP contribution in [-0.4, -0.2) is 77.2 Å². The van der Waals surface area contributed by atoms with Gasteiger partial charge in [-0.25, -0.2) is 13.4 Å². The topological polar surface area (TPSA) is 75.0 Å². The van der Waals surface area contributed by atoms with Crippen molar-refractivity contribution >= 4 is 21.4 Å². The van der Waals surface area contributed by atoms with Gasteiger partial charge < -0.3 is 9.30 Å². The summed E-state index contributed by atoms with van der Waals surface area (Å²) in [7, 11) is -2.87. The number of rotatable bonds is 2. The van der Waals surface area contributed by atoms with Gasteiger partial charge in [0.25, 0.3) is 5.91 Å². The summed E-state index contributed by atoms with van der Waals surface area (Å²) in [4.78, 5) is 21.0. The second-order valence-corrected chi connectivity index (χ2v) is 8.71. The van der Waals surface area contributed by atoms with Gasteiger partial charge in [-0.15, -0.1) is 0 Å². The Morgan fingerprint density at radius 3 is 2.62 bits per heavy atom. The molecular formula is C16H20N4O3S. The average molecular weight is 348 g/mol. The number of fused-ring (bicyclic) bond motifs is 1. The highest BCUT2D eigenvalue weighted by Gasteiger charge is 2.34.